The van der Waals surface area contributed by atoms with Gasteiger partial charge in [-0.15, -0.1) is 0 Å². The van der Waals surface area contributed by atoms with Gasteiger partial charge in [-0.1, -0.05) is 52.4 Å². The van der Waals surface area contributed by atoms with Crippen LogP contribution in [0, 0.1) is 0 Å². The van der Waals surface area contributed by atoms with Crippen molar-refractivity contribution < 1.29 is 0 Å². The van der Waals surface area contributed by atoms with Crippen LogP contribution in [0.1, 0.15) is 0 Å². The number of hydrogen-bond donors (Lipinski definition) is 2. The fourth-order valence-corrected chi connectivity index (χ4v) is 20.2. The van der Waals surface area contributed by atoms with Crippen molar-refractivity contribution in [1.82, 2.24) is 9.30 Å². The van der Waals surface area contributed by atoms with Crippen molar-refractivity contribution in [2.24, 2.45) is 0 Å². The molecule has 6 radical (unpaired) electrons. The van der Waals surface area contributed by atoms with E-state index in [1.165, 1.54) is 0 Å². The van der Waals surface area contributed by atoms with Gasteiger partial charge in [-0.05, 0) is 0 Å². The summed E-state index contributed by atoms with van der Waals surface area (Å²) in [5.41, 5.74) is 0. The van der Waals surface area contributed by atoms with Gasteiger partial charge in [0.1, 0.15) is 35.3 Å². The Bertz CT molecular complexity index is 178. The summed E-state index contributed by atoms with van der Waals surface area (Å²) in [6, 6.07) is 0. The Kier molecular flexibility index (Phi) is 7.50. The van der Waals surface area contributed by atoms with Gasteiger partial charge >= 0.3 is 0 Å². The highest BCUT2D eigenvalue weighted by Gasteiger charge is 2.26. The minimum atomic E-state index is -0.883. The smallest absolute Gasteiger partial charge is 0.132 e. The first kappa shape index (κ1) is 17.2. The molecule has 0 saturated carbocycles. The van der Waals surface area contributed by atoms with Crippen LogP contribution in [0.3, 0.4) is 0 Å². The fraction of sp³-hybridized carbons (Fsp3) is 1.00. The average Bonchev–Trinajstić information content (AvgIpc) is 2.08. The van der Waals surface area contributed by atoms with Crippen molar-refractivity contribution in [2.45, 2.75) is 52.4 Å². The molecule has 0 aromatic carbocycles. The van der Waals surface area contributed by atoms with Crippen LogP contribution in [0.25, 0.3) is 0 Å². The molecule has 0 rings (SSSR count). The van der Waals surface area contributed by atoms with Crippen LogP contribution < -0.4 is 9.30 Å². The van der Waals surface area contributed by atoms with Gasteiger partial charge < -0.3 is 9.30 Å². The molecule has 2 nitrogen and oxygen atoms in total. The summed E-state index contributed by atoms with van der Waals surface area (Å²) < 4.78 is 7.60. The molecule has 2 N–H and O–H groups in total. The van der Waals surface area contributed by atoms with Gasteiger partial charge in [0.15, 0.2) is 0 Å². The minimum Gasteiger partial charge on any atom is -0.366 e. The summed E-state index contributed by atoms with van der Waals surface area (Å²) in [5.74, 6) is 0. The molecule has 0 saturated heterocycles. The molecule has 0 bridgehead atoms. The van der Waals surface area contributed by atoms with Crippen LogP contribution in [0.4, 0.5) is 0 Å². The molecule has 0 heterocycles. The highest BCUT2D eigenvalue weighted by atomic mass is 29.3. The molecular formula is C8H26N2Si6. The maximum atomic E-state index is 3.80. The Morgan fingerprint density at radius 3 is 1.12 bits per heavy atom. The van der Waals surface area contributed by atoms with Crippen LogP contribution in [-0.2, 0) is 0 Å². The number of hydrogen-bond acceptors (Lipinski definition) is 2. The predicted molar refractivity (Wildman–Crippen MR) is 87.7 cm³/mol. The maximum absolute atomic E-state index is 3.80. The first-order valence-electron chi connectivity index (χ1n) is 5.75. The first-order chi connectivity index (χ1) is 7.05. The second-order valence-electron chi connectivity index (χ2n) is 6.25. The standard InChI is InChI=1S/C8H26N2Si6/c1-13(15(3,4)5)9-11-12-10-14(2)16(6,7)8/h9-10H,1-8H3. The zero-order valence-electron chi connectivity index (χ0n) is 12.0. The molecule has 0 fully saturated rings. The third-order valence-electron chi connectivity index (χ3n) is 2.81. The normalized spacial score (nSPS) is 13.9. The quantitative estimate of drug-likeness (QED) is 0.548. The second kappa shape index (κ2) is 6.97. The van der Waals surface area contributed by atoms with Crippen LogP contribution in [-0.4, -0.2) is 50.5 Å². The van der Waals surface area contributed by atoms with E-state index < -0.39 is 15.2 Å². The Labute approximate surface area is 112 Å². The summed E-state index contributed by atoms with van der Waals surface area (Å²) in [6.45, 7) is 19.8. The topological polar surface area (TPSA) is 24.1 Å². The van der Waals surface area contributed by atoms with Crippen LogP contribution >= 0.6 is 0 Å². The van der Waals surface area contributed by atoms with Crippen molar-refractivity contribution in [2.75, 3.05) is 0 Å². The molecule has 8 heteroatoms. The van der Waals surface area contributed by atoms with E-state index in [1.807, 2.05) is 0 Å². The van der Waals surface area contributed by atoms with Gasteiger partial charge in [-0.2, -0.15) is 0 Å². The first-order valence-corrected chi connectivity index (χ1v) is 21.8. The van der Waals surface area contributed by atoms with Gasteiger partial charge in [0, 0.05) is 0 Å². The van der Waals surface area contributed by atoms with Gasteiger partial charge in [-0.25, -0.2) is 0 Å². The van der Waals surface area contributed by atoms with Crippen LogP contribution in [0.5, 0.6) is 0 Å². The van der Waals surface area contributed by atoms with E-state index in [0.717, 1.165) is 18.4 Å². The molecule has 0 spiro atoms. The van der Waals surface area contributed by atoms with E-state index in [9.17, 15) is 0 Å². The minimum absolute atomic E-state index is 0.247. The van der Waals surface area contributed by atoms with Gasteiger partial charge in [-0.3, -0.25) is 0 Å². The van der Waals surface area contributed by atoms with Gasteiger partial charge in [0.05, 0.1) is 15.2 Å². The lowest BCUT2D eigenvalue weighted by Gasteiger charge is -2.26. The summed E-state index contributed by atoms with van der Waals surface area (Å²) >= 11 is 0. The van der Waals surface area contributed by atoms with Crippen molar-refractivity contribution in [3.8, 4) is 0 Å². The molecular weight excluding hydrogens is 293 g/mol. The van der Waals surface area contributed by atoms with E-state index >= 15 is 0 Å². The Balaban J connectivity index is 3.70. The summed E-state index contributed by atoms with van der Waals surface area (Å²) in [5, 5.41) is 0. The van der Waals surface area contributed by atoms with E-state index in [0.29, 0.717) is 0 Å². The van der Waals surface area contributed by atoms with Crippen LogP contribution in [0.2, 0.25) is 52.4 Å². The zero-order valence-corrected chi connectivity index (χ0v) is 18.0. The Morgan fingerprint density at radius 1 is 0.688 bits per heavy atom. The molecule has 0 aliphatic rings. The van der Waals surface area contributed by atoms with E-state index in [1.54, 1.807) is 0 Å². The summed E-state index contributed by atoms with van der Waals surface area (Å²) in [7, 11) is -0.356. The monoisotopic (exact) mass is 318 g/mol. The molecule has 0 amide bonds. The number of rotatable bonds is 7. The predicted octanol–water partition coefficient (Wildman–Crippen LogP) is 1.39. The molecule has 0 unspecified atom stereocenters. The van der Waals surface area contributed by atoms with E-state index in [2.05, 4.69) is 61.7 Å². The van der Waals surface area contributed by atoms with Crippen molar-refractivity contribution in [3.63, 3.8) is 0 Å². The average molecular weight is 319 g/mol. The van der Waals surface area contributed by atoms with E-state index in [4.69, 9.17) is 0 Å². The zero-order chi connectivity index (χ0) is 13.0. The lowest BCUT2D eigenvalue weighted by atomic mass is 11.8. The van der Waals surface area contributed by atoms with Crippen molar-refractivity contribution in [3.05, 3.63) is 0 Å². The van der Waals surface area contributed by atoms with Gasteiger partial charge in [0.2, 0.25) is 0 Å². The number of nitrogens with one attached hydrogen (secondary N) is 2. The molecule has 92 valence electrons. The third-order valence-corrected chi connectivity index (χ3v) is 29.8. The van der Waals surface area contributed by atoms with Crippen LogP contribution in [0.15, 0.2) is 0 Å². The Hall–Kier alpha value is 1.22. The molecule has 0 atom stereocenters. The fourth-order valence-electron chi connectivity index (χ4n) is 0.625. The third kappa shape index (κ3) is 7.53. The molecule has 0 aromatic rings. The highest BCUT2D eigenvalue weighted by Crippen LogP contribution is 2.03. The Morgan fingerprint density at radius 2 is 0.938 bits per heavy atom. The van der Waals surface area contributed by atoms with E-state index in [-0.39, 0.29) is 17.0 Å². The maximum Gasteiger partial charge on any atom is 0.132 e. The lowest BCUT2D eigenvalue weighted by Crippen LogP contribution is -2.58. The molecule has 0 aliphatic carbocycles. The SMILES string of the molecule is C[Si](N[Si][Si]N[Si](C)[Si](C)(C)C)[Si](C)(C)C. The van der Waals surface area contributed by atoms with Crippen molar-refractivity contribution >= 4 is 50.5 Å². The molecule has 16 heavy (non-hydrogen) atoms. The molecule has 0 aliphatic heterocycles. The summed E-state index contributed by atoms with van der Waals surface area (Å²) in [6.07, 6.45) is 0. The lowest BCUT2D eigenvalue weighted by molar-refractivity contribution is 1.51. The molecule has 0 aromatic heterocycles. The second-order valence-corrected chi connectivity index (χ2v) is 35.2. The highest BCUT2D eigenvalue weighted by molar-refractivity contribution is 7.34. The van der Waals surface area contributed by atoms with Crippen molar-refractivity contribution in [1.29, 1.82) is 0 Å². The van der Waals surface area contributed by atoms with Gasteiger partial charge in [0.25, 0.3) is 0 Å². The summed E-state index contributed by atoms with van der Waals surface area (Å²) in [4.78, 5) is 0. The largest absolute Gasteiger partial charge is 0.366 e.